The Morgan fingerprint density at radius 3 is 2.81 bits per heavy atom. The second-order valence-corrected chi connectivity index (χ2v) is 3.36. The van der Waals surface area contributed by atoms with Crippen molar-refractivity contribution in [2.75, 3.05) is 5.73 Å². The van der Waals surface area contributed by atoms with Gasteiger partial charge >= 0.3 is 0 Å². The van der Waals surface area contributed by atoms with Gasteiger partial charge in [-0.25, -0.2) is 0 Å². The fraction of sp³-hybridized carbons (Fsp3) is 0.0909. The number of anilines is 1. The van der Waals surface area contributed by atoms with Crippen LogP contribution >= 0.6 is 0 Å². The Hall–Kier alpha value is -2.48. The summed E-state index contributed by atoms with van der Waals surface area (Å²) < 4.78 is 5.45. The molecule has 5 heteroatoms. The molecule has 0 saturated heterocycles. The van der Waals surface area contributed by atoms with Gasteiger partial charge in [0.25, 0.3) is 0 Å². The first-order chi connectivity index (χ1) is 7.69. The molecule has 0 amide bonds. The minimum absolute atomic E-state index is 0.416. The monoisotopic (exact) mass is 214 g/mol. The van der Waals surface area contributed by atoms with Gasteiger partial charge in [0.05, 0.1) is 17.3 Å². The number of H-pyrrole nitrogens is 1. The molecular formula is C11H10N4O. The van der Waals surface area contributed by atoms with Crippen LogP contribution < -0.4 is 10.5 Å². The number of nitrogens with zero attached hydrogens (tertiary/aromatic N) is 2. The van der Waals surface area contributed by atoms with Crippen LogP contribution in [0.4, 0.5) is 5.69 Å². The van der Waals surface area contributed by atoms with Gasteiger partial charge in [-0.3, -0.25) is 5.10 Å². The molecule has 80 valence electrons. The predicted octanol–water partition coefficient (Wildman–Crippen LogP) is 1.96. The lowest BCUT2D eigenvalue weighted by Crippen LogP contribution is -1.93. The number of nitrogens with two attached hydrogens (primary N) is 1. The third-order valence-electron chi connectivity index (χ3n) is 2.04. The van der Waals surface area contributed by atoms with E-state index in [1.165, 1.54) is 0 Å². The third-order valence-corrected chi connectivity index (χ3v) is 2.04. The lowest BCUT2D eigenvalue weighted by molar-refractivity contribution is 0.464. The number of hydrogen-bond donors (Lipinski definition) is 2. The van der Waals surface area contributed by atoms with Crippen LogP contribution in [0.2, 0.25) is 0 Å². The Morgan fingerprint density at radius 1 is 1.44 bits per heavy atom. The first-order valence-electron chi connectivity index (χ1n) is 4.68. The van der Waals surface area contributed by atoms with Gasteiger partial charge in [-0.1, -0.05) is 0 Å². The highest BCUT2D eigenvalue weighted by Gasteiger charge is 2.05. The van der Waals surface area contributed by atoms with E-state index in [0.717, 1.165) is 5.69 Å². The molecule has 0 aliphatic heterocycles. The maximum atomic E-state index is 8.68. The number of aromatic nitrogens is 2. The molecule has 0 aliphatic rings. The van der Waals surface area contributed by atoms with Gasteiger partial charge in [0, 0.05) is 11.8 Å². The number of nitrogen functional groups attached to an aromatic ring is 1. The van der Waals surface area contributed by atoms with Crippen LogP contribution in [-0.4, -0.2) is 10.2 Å². The lowest BCUT2D eigenvalue weighted by atomic mass is 10.2. The first kappa shape index (κ1) is 10.1. The van der Waals surface area contributed by atoms with Gasteiger partial charge < -0.3 is 10.5 Å². The highest BCUT2D eigenvalue weighted by atomic mass is 16.5. The Balaban J connectivity index is 2.26. The quantitative estimate of drug-likeness (QED) is 0.748. The van der Waals surface area contributed by atoms with Crippen molar-refractivity contribution in [2.45, 2.75) is 6.92 Å². The Bertz CT molecular complexity index is 553. The van der Waals surface area contributed by atoms with Crippen molar-refractivity contribution in [1.82, 2.24) is 10.2 Å². The van der Waals surface area contributed by atoms with Crippen molar-refractivity contribution in [3.05, 3.63) is 35.5 Å². The zero-order chi connectivity index (χ0) is 11.5. The third kappa shape index (κ3) is 1.96. The number of hydrogen-bond acceptors (Lipinski definition) is 4. The van der Waals surface area contributed by atoms with Gasteiger partial charge in [0.2, 0.25) is 5.88 Å². The van der Waals surface area contributed by atoms with Crippen molar-refractivity contribution in [2.24, 2.45) is 0 Å². The highest BCUT2D eigenvalue weighted by molar-refractivity contribution is 5.57. The molecule has 1 aromatic heterocycles. The second kappa shape index (κ2) is 3.95. The van der Waals surface area contributed by atoms with E-state index >= 15 is 0 Å². The first-order valence-corrected chi connectivity index (χ1v) is 4.68. The molecule has 1 aromatic carbocycles. The number of aryl methyl sites for hydroxylation is 1. The van der Waals surface area contributed by atoms with Crippen LogP contribution in [0, 0.1) is 18.3 Å². The molecule has 2 aromatic rings. The summed E-state index contributed by atoms with van der Waals surface area (Å²) in [6, 6.07) is 8.63. The van der Waals surface area contributed by atoms with E-state index in [1.54, 1.807) is 24.3 Å². The van der Waals surface area contributed by atoms with Crippen LogP contribution in [0.15, 0.2) is 24.3 Å². The molecule has 0 radical (unpaired) electrons. The zero-order valence-corrected chi connectivity index (χ0v) is 8.69. The molecule has 0 spiro atoms. The van der Waals surface area contributed by atoms with Gasteiger partial charge in [-0.05, 0) is 25.1 Å². The number of ether oxygens (including phenoxy) is 1. The van der Waals surface area contributed by atoms with E-state index in [4.69, 9.17) is 15.7 Å². The van der Waals surface area contributed by atoms with Crippen molar-refractivity contribution < 1.29 is 4.74 Å². The van der Waals surface area contributed by atoms with E-state index in [9.17, 15) is 0 Å². The summed E-state index contributed by atoms with van der Waals surface area (Å²) in [6.45, 7) is 1.88. The summed E-state index contributed by atoms with van der Waals surface area (Å²) in [6.07, 6.45) is 0. The number of rotatable bonds is 2. The molecule has 16 heavy (non-hydrogen) atoms. The average Bonchev–Trinajstić information content (AvgIpc) is 2.67. The molecule has 0 fully saturated rings. The lowest BCUT2D eigenvalue weighted by Gasteiger charge is -2.05. The standard InChI is InChI=1S/C11H10N4O/c1-7-4-11(15-14-7)16-10-3-2-8(6-12)5-9(10)13/h2-5H,13H2,1H3,(H,14,15). The number of nitrogens with one attached hydrogen (secondary N) is 1. The molecule has 0 atom stereocenters. The minimum atomic E-state index is 0.416. The highest BCUT2D eigenvalue weighted by Crippen LogP contribution is 2.27. The van der Waals surface area contributed by atoms with Crippen LogP contribution in [0.5, 0.6) is 11.6 Å². The topological polar surface area (TPSA) is 87.7 Å². The Labute approximate surface area is 92.5 Å². The Morgan fingerprint density at radius 2 is 2.25 bits per heavy atom. The summed E-state index contributed by atoms with van der Waals surface area (Å²) >= 11 is 0. The van der Waals surface area contributed by atoms with Crippen LogP contribution in [-0.2, 0) is 0 Å². The smallest absolute Gasteiger partial charge is 0.238 e. The molecule has 5 nitrogen and oxygen atoms in total. The molecule has 3 N–H and O–H groups in total. The molecule has 1 heterocycles. The minimum Gasteiger partial charge on any atom is -0.435 e. The fourth-order valence-corrected chi connectivity index (χ4v) is 1.27. The van der Waals surface area contributed by atoms with E-state index in [-0.39, 0.29) is 0 Å². The van der Waals surface area contributed by atoms with Gasteiger partial charge in [-0.2, -0.15) is 5.26 Å². The predicted molar refractivity (Wildman–Crippen MR) is 59.0 cm³/mol. The molecule has 0 aliphatic carbocycles. The van der Waals surface area contributed by atoms with Crippen molar-refractivity contribution in [1.29, 1.82) is 5.26 Å². The van der Waals surface area contributed by atoms with Gasteiger partial charge in [-0.15, -0.1) is 5.10 Å². The van der Waals surface area contributed by atoms with E-state index in [0.29, 0.717) is 22.9 Å². The summed E-state index contributed by atoms with van der Waals surface area (Å²) in [7, 11) is 0. The van der Waals surface area contributed by atoms with E-state index in [2.05, 4.69) is 10.2 Å². The molecular weight excluding hydrogens is 204 g/mol. The zero-order valence-electron chi connectivity index (χ0n) is 8.69. The molecule has 2 rings (SSSR count). The summed E-state index contributed by atoms with van der Waals surface area (Å²) in [4.78, 5) is 0. The van der Waals surface area contributed by atoms with Gasteiger partial charge in [0.15, 0.2) is 5.75 Å². The van der Waals surface area contributed by atoms with Crippen LogP contribution in [0.1, 0.15) is 11.3 Å². The SMILES string of the molecule is Cc1cc(Oc2ccc(C#N)cc2N)n[nH]1. The normalized spacial score (nSPS) is 9.75. The van der Waals surface area contributed by atoms with Crippen molar-refractivity contribution in [3.63, 3.8) is 0 Å². The molecule has 0 saturated carbocycles. The maximum Gasteiger partial charge on any atom is 0.238 e. The number of benzene rings is 1. The summed E-state index contributed by atoms with van der Waals surface area (Å²) in [5, 5.41) is 15.4. The van der Waals surface area contributed by atoms with Crippen LogP contribution in [0.3, 0.4) is 0 Å². The maximum absolute atomic E-state index is 8.68. The van der Waals surface area contributed by atoms with Crippen LogP contribution in [0.25, 0.3) is 0 Å². The van der Waals surface area contributed by atoms with E-state index in [1.807, 2.05) is 13.0 Å². The molecule has 0 unspecified atom stereocenters. The summed E-state index contributed by atoms with van der Waals surface area (Å²) in [5.41, 5.74) is 7.56. The largest absolute Gasteiger partial charge is 0.435 e. The summed E-state index contributed by atoms with van der Waals surface area (Å²) in [5.74, 6) is 0.944. The fourth-order valence-electron chi connectivity index (χ4n) is 1.27. The van der Waals surface area contributed by atoms with Crippen molar-refractivity contribution >= 4 is 5.69 Å². The van der Waals surface area contributed by atoms with Gasteiger partial charge in [0.1, 0.15) is 0 Å². The number of nitriles is 1. The second-order valence-electron chi connectivity index (χ2n) is 3.36. The average molecular weight is 214 g/mol. The number of aromatic amines is 1. The van der Waals surface area contributed by atoms with E-state index < -0.39 is 0 Å². The van der Waals surface area contributed by atoms with Crippen molar-refractivity contribution in [3.8, 4) is 17.7 Å². The molecule has 0 bridgehead atoms. The Kier molecular flexibility index (Phi) is 2.48.